The third kappa shape index (κ3) is 2.61. The van der Waals surface area contributed by atoms with Gasteiger partial charge in [0.25, 0.3) is 0 Å². The first-order valence-electron chi connectivity index (χ1n) is 10.5. The molecule has 0 aliphatic carbocycles. The summed E-state index contributed by atoms with van der Waals surface area (Å²) in [5.74, 6) is 0. The van der Waals surface area contributed by atoms with Crippen molar-refractivity contribution in [1.82, 2.24) is 19.4 Å². The Morgan fingerprint density at radius 1 is 1.00 bits per heavy atom. The van der Waals surface area contributed by atoms with Crippen molar-refractivity contribution < 1.29 is 0 Å². The molecule has 0 bridgehead atoms. The number of hydrogen-bond acceptors (Lipinski definition) is 2. The van der Waals surface area contributed by atoms with Crippen LogP contribution in [-0.2, 0) is 13.0 Å². The van der Waals surface area contributed by atoms with E-state index in [0.29, 0.717) is 0 Å². The molecule has 0 radical (unpaired) electrons. The zero-order chi connectivity index (χ0) is 20.2. The highest BCUT2D eigenvalue weighted by Crippen LogP contribution is 2.37. The average molecular weight is 393 g/mol. The number of aromatic nitrogens is 3. The first kappa shape index (κ1) is 17.5. The number of imidazole rings is 1. The number of nitrogens with zero attached hydrogens (tertiary/aromatic N) is 3. The lowest BCUT2D eigenvalue weighted by molar-refractivity contribution is 0.311. The Morgan fingerprint density at radius 2 is 1.90 bits per heavy atom. The van der Waals surface area contributed by atoms with Gasteiger partial charge in [-0.15, -0.1) is 0 Å². The number of aromatic amines is 1. The summed E-state index contributed by atoms with van der Waals surface area (Å²) in [6.07, 6.45) is 2.82. The van der Waals surface area contributed by atoms with Crippen molar-refractivity contribution in [3.05, 3.63) is 83.8 Å². The number of likely N-dealkylation sites (N-methyl/N-ethyl adjacent to an activating group) is 1. The van der Waals surface area contributed by atoms with Crippen LogP contribution < -0.4 is 0 Å². The number of hydrogen-bond donors (Lipinski definition) is 1. The second kappa shape index (κ2) is 6.57. The number of aryl methyl sites for hydroxylation is 1. The molecular weight excluding hydrogens is 368 g/mol. The molecule has 2 aromatic heterocycles. The minimum absolute atomic E-state index is 0.999. The zero-order valence-electron chi connectivity index (χ0n) is 17.3. The van der Waals surface area contributed by atoms with E-state index in [1.54, 1.807) is 6.33 Å². The first-order chi connectivity index (χ1) is 14.7. The molecule has 0 unspecified atom stereocenters. The Balaban J connectivity index is 1.64. The molecule has 148 valence electrons. The van der Waals surface area contributed by atoms with Crippen LogP contribution in [0.4, 0.5) is 0 Å². The molecule has 0 amide bonds. The van der Waals surface area contributed by atoms with Gasteiger partial charge in [0.1, 0.15) is 0 Å². The van der Waals surface area contributed by atoms with Gasteiger partial charge in [-0.25, -0.2) is 4.98 Å². The van der Waals surface area contributed by atoms with Gasteiger partial charge < -0.3 is 14.5 Å². The quantitative estimate of drug-likeness (QED) is 0.432. The molecule has 3 aromatic carbocycles. The van der Waals surface area contributed by atoms with Crippen molar-refractivity contribution >= 4 is 21.9 Å². The molecule has 5 aromatic rings. The van der Waals surface area contributed by atoms with Crippen molar-refractivity contribution in [2.75, 3.05) is 13.6 Å². The van der Waals surface area contributed by atoms with Gasteiger partial charge in [-0.1, -0.05) is 35.9 Å². The van der Waals surface area contributed by atoms with Crippen molar-refractivity contribution in [3.8, 4) is 16.8 Å². The maximum absolute atomic E-state index is 4.47. The molecule has 0 saturated carbocycles. The monoisotopic (exact) mass is 392 g/mol. The molecule has 3 heterocycles. The van der Waals surface area contributed by atoms with Crippen molar-refractivity contribution in [2.45, 2.75) is 19.9 Å². The topological polar surface area (TPSA) is 36.9 Å². The summed E-state index contributed by atoms with van der Waals surface area (Å²) >= 11 is 0. The molecule has 6 rings (SSSR count). The fourth-order valence-corrected chi connectivity index (χ4v) is 4.89. The Bertz CT molecular complexity index is 1410. The smallest absolute Gasteiger partial charge is 0.0931 e. The van der Waals surface area contributed by atoms with E-state index in [2.05, 4.69) is 94.1 Å². The summed E-state index contributed by atoms with van der Waals surface area (Å²) in [6, 6.07) is 22.1. The highest BCUT2D eigenvalue weighted by atomic mass is 15.1. The number of fused-ring (bicyclic) bond motifs is 4. The Morgan fingerprint density at radius 3 is 2.83 bits per heavy atom. The first-order valence-corrected chi connectivity index (χ1v) is 10.5. The van der Waals surface area contributed by atoms with Crippen LogP contribution in [0.25, 0.3) is 38.8 Å². The molecule has 1 N–H and O–H groups in total. The maximum Gasteiger partial charge on any atom is 0.0931 e. The summed E-state index contributed by atoms with van der Waals surface area (Å²) in [7, 11) is 2.22. The number of rotatable bonds is 2. The van der Waals surface area contributed by atoms with Crippen LogP contribution in [0, 0.1) is 6.92 Å². The molecule has 30 heavy (non-hydrogen) atoms. The lowest BCUT2D eigenvalue weighted by atomic mass is 10.0. The van der Waals surface area contributed by atoms with E-state index in [0.717, 1.165) is 30.5 Å². The van der Waals surface area contributed by atoms with Gasteiger partial charge in [-0.05, 0) is 55.4 Å². The molecule has 1 aliphatic heterocycles. The summed E-state index contributed by atoms with van der Waals surface area (Å²) in [4.78, 5) is 10.1. The Hall–Kier alpha value is -3.37. The van der Waals surface area contributed by atoms with E-state index in [1.165, 1.54) is 44.5 Å². The number of nitrogens with one attached hydrogen (secondary N) is 1. The predicted molar refractivity (Wildman–Crippen MR) is 123 cm³/mol. The van der Waals surface area contributed by atoms with Gasteiger partial charge >= 0.3 is 0 Å². The molecule has 0 fully saturated rings. The van der Waals surface area contributed by atoms with E-state index in [4.69, 9.17) is 0 Å². The molecule has 4 heteroatoms. The molecule has 0 spiro atoms. The highest BCUT2D eigenvalue weighted by Gasteiger charge is 2.24. The van der Waals surface area contributed by atoms with Crippen molar-refractivity contribution in [1.29, 1.82) is 0 Å². The van der Waals surface area contributed by atoms with Gasteiger partial charge in [0.05, 0.1) is 28.6 Å². The van der Waals surface area contributed by atoms with Crippen LogP contribution in [0.1, 0.15) is 16.8 Å². The van der Waals surface area contributed by atoms with Gasteiger partial charge in [-0.2, -0.15) is 0 Å². The van der Waals surface area contributed by atoms with Crippen molar-refractivity contribution in [2.24, 2.45) is 0 Å². The molecular formula is C26H24N4. The van der Waals surface area contributed by atoms with Crippen LogP contribution in [0.15, 0.2) is 67.0 Å². The minimum Gasteiger partial charge on any atom is -0.345 e. The Labute approximate surface area is 175 Å². The summed E-state index contributed by atoms with van der Waals surface area (Å²) < 4.78 is 2.50. The van der Waals surface area contributed by atoms with Gasteiger partial charge in [0.15, 0.2) is 0 Å². The maximum atomic E-state index is 4.47. The summed E-state index contributed by atoms with van der Waals surface area (Å²) in [5.41, 5.74) is 11.3. The third-order valence-corrected chi connectivity index (χ3v) is 6.37. The van der Waals surface area contributed by atoms with E-state index in [1.807, 2.05) is 0 Å². The van der Waals surface area contributed by atoms with Crippen LogP contribution in [0.5, 0.6) is 0 Å². The predicted octanol–water partition coefficient (Wildman–Crippen LogP) is 5.47. The lowest BCUT2D eigenvalue weighted by Crippen LogP contribution is -2.27. The zero-order valence-corrected chi connectivity index (χ0v) is 17.3. The summed E-state index contributed by atoms with van der Waals surface area (Å²) in [5, 5.41) is 1.38. The largest absolute Gasteiger partial charge is 0.345 e. The van der Waals surface area contributed by atoms with Crippen LogP contribution in [0.2, 0.25) is 0 Å². The van der Waals surface area contributed by atoms with Gasteiger partial charge in [0.2, 0.25) is 0 Å². The second-order valence-electron chi connectivity index (χ2n) is 8.42. The Kier molecular flexibility index (Phi) is 3.83. The lowest BCUT2D eigenvalue weighted by Gasteiger charge is -2.25. The average Bonchev–Trinajstić information content (AvgIpc) is 3.35. The van der Waals surface area contributed by atoms with Crippen molar-refractivity contribution in [3.63, 3.8) is 0 Å². The van der Waals surface area contributed by atoms with Crippen LogP contribution in [0.3, 0.4) is 0 Å². The number of para-hydroxylation sites is 1. The van der Waals surface area contributed by atoms with Crippen LogP contribution in [-0.4, -0.2) is 33.0 Å². The number of benzene rings is 3. The standard InChI is InChI=1S/C26H24N4/c1-17-7-10-25-20(13-17)21-15-29(2)12-11-26(21)30(25)24-6-4-3-5-19(24)18-8-9-22-23(14-18)28-16-27-22/h3-10,13-14,16H,11-12,15H2,1-2H3,(H,27,28). The molecule has 0 saturated heterocycles. The highest BCUT2D eigenvalue weighted by molar-refractivity contribution is 5.91. The van der Waals surface area contributed by atoms with Crippen LogP contribution >= 0.6 is 0 Å². The van der Waals surface area contributed by atoms with E-state index in [-0.39, 0.29) is 0 Å². The third-order valence-electron chi connectivity index (χ3n) is 6.37. The molecule has 4 nitrogen and oxygen atoms in total. The number of H-pyrrole nitrogens is 1. The van der Waals surface area contributed by atoms with Gasteiger partial charge in [0, 0.05) is 36.2 Å². The molecule has 1 aliphatic rings. The SMILES string of the molecule is Cc1ccc2c(c1)c1c(n2-c2ccccc2-c2ccc3[nH]cnc3c2)CCN(C)C1. The van der Waals surface area contributed by atoms with E-state index < -0.39 is 0 Å². The summed E-state index contributed by atoms with van der Waals surface area (Å²) in [6.45, 7) is 4.27. The van der Waals surface area contributed by atoms with Gasteiger partial charge in [-0.3, -0.25) is 0 Å². The molecule has 0 atom stereocenters. The fourth-order valence-electron chi connectivity index (χ4n) is 4.89. The van der Waals surface area contributed by atoms with E-state index >= 15 is 0 Å². The van der Waals surface area contributed by atoms with E-state index in [9.17, 15) is 0 Å². The second-order valence-corrected chi connectivity index (χ2v) is 8.42. The minimum atomic E-state index is 0.999. The fraction of sp³-hybridized carbons (Fsp3) is 0.192. The normalized spacial score (nSPS) is 14.5.